The fourth-order valence-corrected chi connectivity index (χ4v) is 1.71. The van der Waals surface area contributed by atoms with E-state index in [1.807, 2.05) is 19.1 Å². The third-order valence-corrected chi connectivity index (χ3v) is 2.82. The van der Waals surface area contributed by atoms with E-state index in [2.05, 4.69) is 29.4 Å². The first-order valence-corrected chi connectivity index (χ1v) is 6.46. The fourth-order valence-electron chi connectivity index (χ4n) is 1.71. The van der Waals surface area contributed by atoms with Crippen molar-refractivity contribution in [1.82, 2.24) is 15.5 Å². The Labute approximate surface area is 112 Å². The van der Waals surface area contributed by atoms with Crippen molar-refractivity contribution in [2.75, 3.05) is 6.54 Å². The molecule has 0 aliphatic carbocycles. The molecule has 0 aromatic carbocycles. The average molecular weight is 261 g/mol. The number of nitrogens with zero attached hydrogens (tertiary/aromatic N) is 1. The molecule has 0 saturated heterocycles. The number of aromatic nitrogens is 2. The minimum atomic E-state index is -0.161. The summed E-state index contributed by atoms with van der Waals surface area (Å²) in [5.41, 5.74) is 1.09. The van der Waals surface area contributed by atoms with Crippen LogP contribution < -0.4 is 5.32 Å². The molecule has 0 saturated carbocycles. The van der Waals surface area contributed by atoms with Gasteiger partial charge in [0.05, 0.1) is 0 Å². The van der Waals surface area contributed by atoms with Crippen molar-refractivity contribution in [2.24, 2.45) is 5.92 Å². The number of aryl methyl sites for hydroxylation is 1. The number of furan rings is 1. The molecule has 0 spiro atoms. The number of aromatic amines is 1. The molecule has 2 aromatic heterocycles. The smallest absolute Gasteiger partial charge is 0.271 e. The summed E-state index contributed by atoms with van der Waals surface area (Å²) >= 11 is 0. The van der Waals surface area contributed by atoms with Crippen LogP contribution in [-0.4, -0.2) is 22.6 Å². The minimum Gasteiger partial charge on any atom is -0.460 e. The number of hydrogen-bond acceptors (Lipinski definition) is 3. The molecule has 0 aliphatic heterocycles. The highest BCUT2D eigenvalue weighted by atomic mass is 16.3. The molecule has 5 nitrogen and oxygen atoms in total. The Morgan fingerprint density at radius 3 is 2.89 bits per heavy atom. The molecule has 0 radical (unpaired) electrons. The van der Waals surface area contributed by atoms with E-state index in [4.69, 9.17) is 4.42 Å². The normalized spacial score (nSPS) is 10.9. The minimum absolute atomic E-state index is 0.161. The van der Waals surface area contributed by atoms with Gasteiger partial charge in [0, 0.05) is 12.6 Å². The highest BCUT2D eigenvalue weighted by Crippen LogP contribution is 2.20. The zero-order valence-electron chi connectivity index (χ0n) is 11.5. The van der Waals surface area contributed by atoms with Crippen molar-refractivity contribution < 1.29 is 9.21 Å². The van der Waals surface area contributed by atoms with Gasteiger partial charge in [-0.15, -0.1) is 0 Å². The molecule has 2 N–H and O–H groups in total. The average Bonchev–Trinajstić information content (AvgIpc) is 2.96. The lowest BCUT2D eigenvalue weighted by atomic mass is 10.1. The van der Waals surface area contributed by atoms with E-state index in [9.17, 15) is 4.79 Å². The van der Waals surface area contributed by atoms with E-state index in [-0.39, 0.29) is 5.91 Å². The molecule has 102 valence electrons. The summed E-state index contributed by atoms with van der Waals surface area (Å²) in [6.45, 7) is 6.79. The number of rotatable bonds is 5. The van der Waals surface area contributed by atoms with Gasteiger partial charge in [-0.05, 0) is 31.4 Å². The van der Waals surface area contributed by atoms with Crippen LogP contribution in [0.15, 0.2) is 22.6 Å². The lowest BCUT2D eigenvalue weighted by Crippen LogP contribution is -2.25. The Morgan fingerprint density at radius 1 is 1.47 bits per heavy atom. The molecule has 0 fully saturated rings. The van der Waals surface area contributed by atoms with Crippen LogP contribution >= 0.6 is 0 Å². The molecule has 1 amide bonds. The van der Waals surface area contributed by atoms with Crippen LogP contribution in [0, 0.1) is 12.8 Å². The van der Waals surface area contributed by atoms with E-state index in [1.54, 1.807) is 6.07 Å². The fraction of sp³-hybridized carbons (Fsp3) is 0.429. The van der Waals surface area contributed by atoms with Crippen molar-refractivity contribution in [2.45, 2.75) is 27.2 Å². The number of H-pyrrole nitrogens is 1. The van der Waals surface area contributed by atoms with Crippen molar-refractivity contribution in [3.8, 4) is 11.5 Å². The second-order valence-electron chi connectivity index (χ2n) is 5.02. The van der Waals surface area contributed by atoms with Crippen molar-refractivity contribution >= 4 is 5.91 Å². The van der Waals surface area contributed by atoms with Crippen LogP contribution in [0.2, 0.25) is 0 Å². The Balaban J connectivity index is 1.98. The molecule has 2 aromatic rings. The highest BCUT2D eigenvalue weighted by Gasteiger charge is 2.12. The molecular weight excluding hydrogens is 242 g/mol. The molecule has 2 rings (SSSR count). The summed E-state index contributed by atoms with van der Waals surface area (Å²) in [6.07, 6.45) is 0.959. The molecule has 19 heavy (non-hydrogen) atoms. The molecule has 0 atom stereocenters. The number of nitrogens with one attached hydrogen (secondary N) is 2. The predicted molar refractivity (Wildman–Crippen MR) is 72.8 cm³/mol. The maximum atomic E-state index is 11.9. The van der Waals surface area contributed by atoms with E-state index < -0.39 is 0 Å². The van der Waals surface area contributed by atoms with Gasteiger partial charge in [-0.1, -0.05) is 13.8 Å². The summed E-state index contributed by atoms with van der Waals surface area (Å²) in [6, 6.07) is 5.42. The van der Waals surface area contributed by atoms with Crippen LogP contribution in [0.4, 0.5) is 0 Å². The second-order valence-corrected chi connectivity index (χ2v) is 5.02. The van der Waals surface area contributed by atoms with E-state index in [1.165, 1.54) is 0 Å². The predicted octanol–water partition coefficient (Wildman–Crippen LogP) is 2.75. The quantitative estimate of drug-likeness (QED) is 0.869. The van der Waals surface area contributed by atoms with Crippen LogP contribution in [-0.2, 0) is 0 Å². The molecule has 0 bridgehead atoms. The summed E-state index contributed by atoms with van der Waals surface area (Å²) in [4.78, 5) is 11.9. The molecular formula is C14H19N3O2. The zero-order valence-corrected chi connectivity index (χ0v) is 11.5. The van der Waals surface area contributed by atoms with Crippen molar-refractivity contribution in [1.29, 1.82) is 0 Å². The van der Waals surface area contributed by atoms with Gasteiger partial charge in [0.1, 0.15) is 11.5 Å². The van der Waals surface area contributed by atoms with Gasteiger partial charge >= 0.3 is 0 Å². The third-order valence-electron chi connectivity index (χ3n) is 2.82. The summed E-state index contributed by atoms with van der Waals surface area (Å²) in [5.74, 6) is 1.92. The van der Waals surface area contributed by atoms with Gasteiger partial charge in [-0.25, -0.2) is 0 Å². The Kier molecular flexibility index (Phi) is 4.04. The first-order valence-electron chi connectivity index (χ1n) is 6.46. The highest BCUT2D eigenvalue weighted by molar-refractivity contribution is 5.93. The number of carbonyl (C=O) groups excluding carboxylic acids is 1. The second kappa shape index (κ2) is 5.73. The van der Waals surface area contributed by atoms with E-state index in [0.29, 0.717) is 29.6 Å². The Hall–Kier alpha value is -2.04. The number of hydrogen-bond donors (Lipinski definition) is 2. The number of carbonyl (C=O) groups is 1. The van der Waals surface area contributed by atoms with E-state index >= 15 is 0 Å². The van der Waals surface area contributed by atoms with Gasteiger partial charge < -0.3 is 9.73 Å². The summed E-state index contributed by atoms with van der Waals surface area (Å²) in [5, 5.41) is 9.66. The van der Waals surface area contributed by atoms with Gasteiger partial charge in [0.25, 0.3) is 5.91 Å². The molecule has 5 heteroatoms. The molecule has 0 unspecified atom stereocenters. The lowest BCUT2D eigenvalue weighted by Gasteiger charge is -2.04. The van der Waals surface area contributed by atoms with Gasteiger partial charge in [0.15, 0.2) is 11.5 Å². The Bertz CT molecular complexity index is 555. The molecule has 2 heterocycles. The van der Waals surface area contributed by atoms with Gasteiger partial charge in [-0.2, -0.15) is 5.10 Å². The topological polar surface area (TPSA) is 70.9 Å². The van der Waals surface area contributed by atoms with Crippen LogP contribution in [0.1, 0.15) is 36.5 Å². The van der Waals surface area contributed by atoms with E-state index in [0.717, 1.165) is 12.2 Å². The SMILES string of the molecule is Cc1ccc(-c2cc(C(=O)NCCC(C)C)n[nH]2)o1. The van der Waals surface area contributed by atoms with Crippen LogP contribution in [0.5, 0.6) is 0 Å². The van der Waals surface area contributed by atoms with Gasteiger partial charge in [-0.3, -0.25) is 9.89 Å². The van der Waals surface area contributed by atoms with Crippen molar-refractivity contribution in [3.63, 3.8) is 0 Å². The van der Waals surface area contributed by atoms with Crippen LogP contribution in [0.3, 0.4) is 0 Å². The Morgan fingerprint density at radius 2 is 2.26 bits per heavy atom. The third kappa shape index (κ3) is 3.47. The largest absolute Gasteiger partial charge is 0.460 e. The maximum absolute atomic E-state index is 11.9. The lowest BCUT2D eigenvalue weighted by molar-refractivity contribution is 0.0947. The zero-order chi connectivity index (χ0) is 13.8. The first kappa shape index (κ1) is 13.4. The van der Waals surface area contributed by atoms with Gasteiger partial charge in [0.2, 0.25) is 0 Å². The molecule has 0 aliphatic rings. The van der Waals surface area contributed by atoms with Crippen molar-refractivity contribution in [3.05, 3.63) is 29.7 Å². The summed E-state index contributed by atoms with van der Waals surface area (Å²) in [7, 11) is 0. The number of amides is 1. The maximum Gasteiger partial charge on any atom is 0.271 e. The first-order chi connectivity index (χ1) is 9.06. The monoisotopic (exact) mass is 261 g/mol. The standard InChI is InChI=1S/C14H19N3O2/c1-9(2)6-7-15-14(18)12-8-11(16-17-12)13-5-4-10(3)19-13/h4-5,8-9H,6-7H2,1-3H3,(H,15,18)(H,16,17). The van der Waals surface area contributed by atoms with Crippen LogP contribution in [0.25, 0.3) is 11.5 Å². The summed E-state index contributed by atoms with van der Waals surface area (Å²) < 4.78 is 5.47.